The summed E-state index contributed by atoms with van der Waals surface area (Å²) in [6.07, 6.45) is -0.00798. The van der Waals surface area contributed by atoms with Crippen LogP contribution in [0, 0.1) is 0 Å². The van der Waals surface area contributed by atoms with E-state index in [1.54, 1.807) is 0 Å². The maximum Gasteiger partial charge on any atom is 0.131 e. The fourth-order valence-corrected chi connectivity index (χ4v) is 3.13. The number of hydrogen-bond donors (Lipinski definition) is 0. The standard InChI is InChI=1S/C20H26NO2.HI/c1-21(2,3)14-18-15-22-19(16-10-6-4-7-11-16)20(23-18)17-12-8-5-9-13-17;/h4-13,18-20H,14-15H2,1-3H3;1H/q+1;/p-1/t18-,19+,20+;/m1./s1. The molecular weight excluding hydrogens is 413 g/mol. The fourth-order valence-electron chi connectivity index (χ4n) is 3.13. The van der Waals surface area contributed by atoms with E-state index in [0.717, 1.165) is 11.0 Å². The van der Waals surface area contributed by atoms with E-state index in [0.29, 0.717) is 6.61 Å². The first-order chi connectivity index (χ1) is 11.0. The Morgan fingerprint density at radius 1 is 0.833 bits per heavy atom. The number of benzene rings is 2. The van der Waals surface area contributed by atoms with E-state index >= 15 is 0 Å². The Kier molecular flexibility index (Phi) is 6.80. The monoisotopic (exact) mass is 439 g/mol. The molecule has 1 heterocycles. The normalized spacial score (nSPS) is 24.2. The minimum absolute atomic E-state index is 0. The van der Waals surface area contributed by atoms with E-state index in [2.05, 4.69) is 69.7 Å². The lowest BCUT2D eigenvalue weighted by molar-refractivity contribution is -0.874. The van der Waals surface area contributed by atoms with Crippen LogP contribution in [0.1, 0.15) is 23.3 Å². The van der Waals surface area contributed by atoms with Crippen LogP contribution in [0.2, 0.25) is 0 Å². The van der Waals surface area contributed by atoms with Gasteiger partial charge in [0.25, 0.3) is 0 Å². The lowest BCUT2D eigenvalue weighted by Gasteiger charge is -2.39. The Labute approximate surface area is 162 Å². The summed E-state index contributed by atoms with van der Waals surface area (Å²) in [6, 6.07) is 20.8. The van der Waals surface area contributed by atoms with Crippen molar-refractivity contribution < 1.29 is 37.9 Å². The molecule has 0 saturated carbocycles. The average Bonchev–Trinajstić information content (AvgIpc) is 2.55. The number of likely N-dealkylation sites (N-methyl/N-ethyl adjacent to an activating group) is 1. The Morgan fingerprint density at radius 3 is 1.83 bits per heavy atom. The van der Waals surface area contributed by atoms with Crippen molar-refractivity contribution in [2.75, 3.05) is 34.3 Å². The van der Waals surface area contributed by atoms with Gasteiger partial charge in [0, 0.05) is 0 Å². The molecule has 130 valence electrons. The van der Waals surface area contributed by atoms with E-state index in [1.807, 2.05) is 12.1 Å². The topological polar surface area (TPSA) is 18.5 Å². The molecule has 0 aliphatic carbocycles. The van der Waals surface area contributed by atoms with Crippen LogP contribution >= 0.6 is 0 Å². The van der Waals surface area contributed by atoms with Gasteiger partial charge in [0.1, 0.15) is 24.9 Å². The maximum atomic E-state index is 6.47. The molecule has 1 fully saturated rings. The summed E-state index contributed by atoms with van der Waals surface area (Å²) in [4.78, 5) is 0. The zero-order valence-electron chi connectivity index (χ0n) is 14.6. The van der Waals surface area contributed by atoms with Crippen molar-refractivity contribution in [2.45, 2.75) is 18.3 Å². The number of halogens is 1. The minimum atomic E-state index is -0.0658. The van der Waals surface area contributed by atoms with Gasteiger partial charge in [0.15, 0.2) is 0 Å². The Hall–Kier alpha value is -0.950. The Morgan fingerprint density at radius 2 is 1.33 bits per heavy atom. The van der Waals surface area contributed by atoms with Crippen LogP contribution in [0.3, 0.4) is 0 Å². The SMILES string of the molecule is C[N+](C)(C)C[C@@H]1CO[C@@H](c2ccccc2)[C@H](c2ccccc2)O1.[I-]. The highest BCUT2D eigenvalue weighted by atomic mass is 127. The molecule has 1 saturated heterocycles. The summed E-state index contributed by atoms with van der Waals surface area (Å²) in [5, 5.41) is 0. The first kappa shape index (κ1) is 19.4. The van der Waals surface area contributed by atoms with Gasteiger partial charge in [-0.15, -0.1) is 0 Å². The molecule has 0 N–H and O–H groups in total. The molecule has 0 spiro atoms. The number of ether oxygens (including phenoxy) is 2. The molecule has 3 atom stereocenters. The predicted molar refractivity (Wildman–Crippen MR) is 92.1 cm³/mol. The second-order valence-electron chi connectivity index (χ2n) is 7.23. The second kappa shape index (κ2) is 8.43. The van der Waals surface area contributed by atoms with Crippen molar-refractivity contribution in [1.29, 1.82) is 0 Å². The molecule has 24 heavy (non-hydrogen) atoms. The van der Waals surface area contributed by atoms with Crippen molar-refractivity contribution in [3.05, 3.63) is 71.8 Å². The van der Waals surface area contributed by atoms with Gasteiger partial charge in [-0.3, -0.25) is 0 Å². The Bertz CT molecular complexity index is 613. The summed E-state index contributed by atoms with van der Waals surface area (Å²) in [6.45, 7) is 1.57. The van der Waals surface area contributed by atoms with Gasteiger partial charge in [-0.25, -0.2) is 0 Å². The average molecular weight is 439 g/mol. The number of rotatable bonds is 4. The maximum absolute atomic E-state index is 6.47. The predicted octanol–water partition coefficient (Wildman–Crippen LogP) is 0.595. The molecule has 3 nitrogen and oxygen atoms in total. The largest absolute Gasteiger partial charge is 1.00 e. The van der Waals surface area contributed by atoms with Crippen molar-refractivity contribution in [3.63, 3.8) is 0 Å². The third-order valence-corrected chi connectivity index (χ3v) is 4.08. The van der Waals surface area contributed by atoms with Crippen LogP contribution < -0.4 is 24.0 Å². The van der Waals surface area contributed by atoms with Gasteiger partial charge in [0.2, 0.25) is 0 Å². The second-order valence-corrected chi connectivity index (χ2v) is 7.23. The van der Waals surface area contributed by atoms with E-state index < -0.39 is 0 Å². The molecule has 2 aromatic carbocycles. The minimum Gasteiger partial charge on any atom is -1.00 e. The molecule has 1 aliphatic heterocycles. The van der Waals surface area contributed by atoms with Gasteiger partial charge in [-0.05, 0) is 11.1 Å². The van der Waals surface area contributed by atoms with Gasteiger partial charge < -0.3 is 37.9 Å². The third kappa shape index (κ3) is 5.02. The first-order valence-electron chi connectivity index (χ1n) is 8.20. The number of nitrogens with zero attached hydrogens (tertiary/aromatic N) is 1. The molecule has 4 heteroatoms. The summed E-state index contributed by atoms with van der Waals surface area (Å²) < 4.78 is 13.6. The van der Waals surface area contributed by atoms with E-state index in [-0.39, 0.29) is 42.3 Å². The van der Waals surface area contributed by atoms with Gasteiger partial charge >= 0.3 is 0 Å². The molecular formula is C20H26INO2. The molecule has 2 aromatic rings. The smallest absolute Gasteiger partial charge is 0.131 e. The Balaban J connectivity index is 0.00000208. The van der Waals surface area contributed by atoms with Crippen molar-refractivity contribution in [1.82, 2.24) is 0 Å². The van der Waals surface area contributed by atoms with Crippen molar-refractivity contribution >= 4 is 0 Å². The lowest BCUT2D eigenvalue weighted by atomic mass is 9.96. The third-order valence-electron chi connectivity index (χ3n) is 4.08. The number of hydrogen-bond acceptors (Lipinski definition) is 2. The highest BCUT2D eigenvalue weighted by Gasteiger charge is 2.36. The molecule has 0 radical (unpaired) electrons. The molecule has 1 aliphatic rings. The van der Waals surface area contributed by atoms with Crippen LogP contribution in [0.4, 0.5) is 0 Å². The van der Waals surface area contributed by atoms with E-state index in [9.17, 15) is 0 Å². The quantitative estimate of drug-likeness (QED) is 0.513. The van der Waals surface area contributed by atoms with Crippen LogP contribution in [-0.4, -0.2) is 44.9 Å². The van der Waals surface area contributed by atoms with E-state index in [4.69, 9.17) is 9.47 Å². The van der Waals surface area contributed by atoms with Crippen LogP contribution in [0.25, 0.3) is 0 Å². The highest BCUT2D eigenvalue weighted by Crippen LogP contribution is 2.39. The highest BCUT2D eigenvalue weighted by molar-refractivity contribution is 5.25. The van der Waals surface area contributed by atoms with Crippen LogP contribution in [0.5, 0.6) is 0 Å². The zero-order chi connectivity index (χ0) is 16.3. The van der Waals surface area contributed by atoms with Crippen molar-refractivity contribution in [2.24, 2.45) is 0 Å². The first-order valence-corrected chi connectivity index (χ1v) is 8.20. The van der Waals surface area contributed by atoms with Gasteiger partial charge in [-0.1, -0.05) is 60.7 Å². The molecule has 0 amide bonds. The molecule has 0 bridgehead atoms. The van der Waals surface area contributed by atoms with Crippen molar-refractivity contribution in [3.8, 4) is 0 Å². The summed E-state index contributed by atoms with van der Waals surface area (Å²) >= 11 is 0. The van der Waals surface area contributed by atoms with Crippen LogP contribution in [-0.2, 0) is 9.47 Å². The fraction of sp³-hybridized carbons (Fsp3) is 0.400. The zero-order valence-corrected chi connectivity index (χ0v) is 16.7. The van der Waals surface area contributed by atoms with Gasteiger partial charge in [0.05, 0.1) is 27.7 Å². The molecule has 3 rings (SSSR count). The number of quaternary nitrogens is 1. The van der Waals surface area contributed by atoms with Crippen LogP contribution in [0.15, 0.2) is 60.7 Å². The lowest BCUT2D eigenvalue weighted by Crippen LogP contribution is -3.00. The summed E-state index contributed by atoms with van der Waals surface area (Å²) in [5.41, 5.74) is 2.34. The van der Waals surface area contributed by atoms with Gasteiger partial charge in [-0.2, -0.15) is 0 Å². The molecule has 0 unspecified atom stereocenters. The summed E-state index contributed by atoms with van der Waals surface area (Å²) in [7, 11) is 6.55. The molecule has 0 aromatic heterocycles. The van der Waals surface area contributed by atoms with E-state index in [1.165, 1.54) is 11.1 Å². The summed E-state index contributed by atoms with van der Waals surface area (Å²) in [5.74, 6) is 0.